The van der Waals surface area contributed by atoms with Gasteiger partial charge in [0.1, 0.15) is 6.54 Å². The number of methoxy groups -OCH3 is 1. The van der Waals surface area contributed by atoms with E-state index in [4.69, 9.17) is 5.11 Å². The second-order valence-electron chi connectivity index (χ2n) is 4.88. The zero-order valence-electron chi connectivity index (χ0n) is 12.6. The number of carbonyl (C=O) groups excluding carboxylic acids is 2. The predicted octanol–water partition coefficient (Wildman–Crippen LogP) is -0.306. The van der Waals surface area contributed by atoms with E-state index in [0.29, 0.717) is 32.7 Å². The molecule has 0 saturated carbocycles. The quantitative estimate of drug-likeness (QED) is 0.701. The Morgan fingerprint density at radius 2 is 1.90 bits per heavy atom. The number of hydrogen-bond acceptors (Lipinski definition) is 5. The number of carboxylic acid groups (broad SMARTS) is 1. The summed E-state index contributed by atoms with van der Waals surface area (Å²) >= 11 is 0. The summed E-state index contributed by atoms with van der Waals surface area (Å²) in [5, 5.41) is 8.80. The number of amides is 2. The molecule has 8 heteroatoms. The average Bonchev–Trinajstić information content (AvgIpc) is 2.68. The lowest BCUT2D eigenvalue weighted by molar-refractivity contribution is -0.141. The monoisotopic (exact) mass is 301 g/mol. The van der Waals surface area contributed by atoms with Crippen LogP contribution < -0.4 is 0 Å². The first-order valence-electron chi connectivity index (χ1n) is 7.02. The van der Waals surface area contributed by atoms with Gasteiger partial charge in [0.2, 0.25) is 0 Å². The second-order valence-corrected chi connectivity index (χ2v) is 4.88. The molecule has 2 amide bonds. The van der Waals surface area contributed by atoms with Crippen molar-refractivity contribution in [2.75, 3.05) is 52.9 Å². The zero-order valence-corrected chi connectivity index (χ0v) is 12.6. The Hall–Kier alpha value is -1.83. The van der Waals surface area contributed by atoms with Crippen LogP contribution in [0.5, 0.6) is 0 Å². The van der Waals surface area contributed by atoms with Crippen molar-refractivity contribution in [1.29, 1.82) is 0 Å². The van der Waals surface area contributed by atoms with E-state index < -0.39 is 11.9 Å². The van der Waals surface area contributed by atoms with Gasteiger partial charge in [-0.15, -0.1) is 0 Å². The van der Waals surface area contributed by atoms with Gasteiger partial charge in [0.15, 0.2) is 0 Å². The normalized spacial score (nSPS) is 16.2. The van der Waals surface area contributed by atoms with Gasteiger partial charge in [0, 0.05) is 32.7 Å². The standard InChI is InChI=1S/C13H23N3O5/c1-3-15(10-12(19)21-2)13(20)16-6-4-5-14(7-8-16)9-11(17)18/h3-10H2,1-2H3,(H,17,18). The number of esters is 1. The molecule has 0 bridgehead atoms. The number of urea groups is 1. The van der Waals surface area contributed by atoms with Gasteiger partial charge in [-0.05, 0) is 13.3 Å². The maximum Gasteiger partial charge on any atom is 0.325 e. The first kappa shape index (κ1) is 17.2. The molecule has 0 aromatic carbocycles. The van der Waals surface area contributed by atoms with Crippen molar-refractivity contribution >= 4 is 18.0 Å². The highest BCUT2D eigenvalue weighted by Gasteiger charge is 2.25. The SMILES string of the molecule is CCN(CC(=O)OC)C(=O)N1CCCN(CC(=O)O)CC1. The molecule has 0 atom stereocenters. The summed E-state index contributed by atoms with van der Waals surface area (Å²) in [6.45, 7) is 4.34. The number of hydrogen-bond donors (Lipinski definition) is 1. The van der Waals surface area contributed by atoms with Gasteiger partial charge in [-0.2, -0.15) is 0 Å². The first-order chi connectivity index (χ1) is 9.97. The molecule has 1 aliphatic rings. The molecule has 0 spiro atoms. The Labute approximate surface area is 124 Å². The number of nitrogens with zero attached hydrogens (tertiary/aromatic N) is 3. The molecule has 1 saturated heterocycles. The third-order valence-corrected chi connectivity index (χ3v) is 3.42. The third kappa shape index (κ3) is 5.58. The molecule has 21 heavy (non-hydrogen) atoms. The summed E-state index contributed by atoms with van der Waals surface area (Å²) in [5.41, 5.74) is 0. The number of ether oxygens (including phenoxy) is 1. The average molecular weight is 301 g/mol. The summed E-state index contributed by atoms with van der Waals surface area (Å²) in [7, 11) is 1.29. The highest BCUT2D eigenvalue weighted by atomic mass is 16.5. The molecule has 0 aliphatic carbocycles. The largest absolute Gasteiger partial charge is 0.480 e. The number of carboxylic acids is 1. The van der Waals surface area contributed by atoms with E-state index in [9.17, 15) is 14.4 Å². The minimum Gasteiger partial charge on any atom is -0.480 e. The minimum atomic E-state index is -0.865. The molecule has 0 unspecified atom stereocenters. The van der Waals surface area contributed by atoms with Crippen LogP contribution in [0.1, 0.15) is 13.3 Å². The smallest absolute Gasteiger partial charge is 0.325 e. The fraction of sp³-hybridized carbons (Fsp3) is 0.769. The van der Waals surface area contributed by atoms with Crippen molar-refractivity contribution in [3.8, 4) is 0 Å². The van der Waals surface area contributed by atoms with E-state index in [2.05, 4.69) is 4.74 Å². The van der Waals surface area contributed by atoms with Crippen LogP contribution in [-0.4, -0.2) is 90.7 Å². The molecule has 0 aromatic rings. The van der Waals surface area contributed by atoms with E-state index >= 15 is 0 Å². The van der Waals surface area contributed by atoms with Crippen LogP contribution in [-0.2, 0) is 14.3 Å². The van der Waals surface area contributed by atoms with Crippen molar-refractivity contribution in [3.05, 3.63) is 0 Å². The Morgan fingerprint density at radius 3 is 2.48 bits per heavy atom. The van der Waals surface area contributed by atoms with Gasteiger partial charge in [-0.1, -0.05) is 0 Å². The minimum absolute atomic E-state index is 0.0122. The fourth-order valence-corrected chi connectivity index (χ4v) is 2.25. The van der Waals surface area contributed by atoms with Crippen LogP contribution in [0.3, 0.4) is 0 Å². The van der Waals surface area contributed by atoms with E-state index in [1.54, 1.807) is 11.8 Å². The van der Waals surface area contributed by atoms with Gasteiger partial charge in [0.25, 0.3) is 0 Å². The van der Waals surface area contributed by atoms with Crippen molar-refractivity contribution < 1.29 is 24.2 Å². The Kier molecular flexibility index (Phi) is 6.93. The van der Waals surface area contributed by atoms with Crippen molar-refractivity contribution in [3.63, 3.8) is 0 Å². The Bertz CT molecular complexity index is 388. The lowest BCUT2D eigenvalue weighted by atomic mass is 10.4. The summed E-state index contributed by atoms with van der Waals surface area (Å²) < 4.78 is 4.58. The highest BCUT2D eigenvalue weighted by molar-refractivity contribution is 5.81. The summed E-state index contributed by atoms with van der Waals surface area (Å²) in [4.78, 5) is 39.3. The first-order valence-corrected chi connectivity index (χ1v) is 7.02. The molecule has 8 nitrogen and oxygen atoms in total. The molecular weight excluding hydrogens is 278 g/mol. The fourth-order valence-electron chi connectivity index (χ4n) is 2.25. The van der Waals surface area contributed by atoms with Crippen LogP contribution >= 0.6 is 0 Å². The highest BCUT2D eigenvalue weighted by Crippen LogP contribution is 2.07. The van der Waals surface area contributed by atoms with Gasteiger partial charge in [-0.3, -0.25) is 14.5 Å². The Balaban J connectivity index is 2.57. The van der Waals surface area contributed by atoms with Crippen LogP contribution in [0.2, 0.25) is 0 Å². The molecule has 1 fully saturated rings. The van der Waals surface area contributed by atoms with Gasteiger partial charge in [0.05, 0.1) is 13.7 Å². The molecular formula is C13H23N3O5. The molecule has 1 heterocycles. The number of rotatable bonds is 5. The maximum atomic E-state index is 12.4. The zero-order chi connectivity index (χ0) is 15.8. The van der Waals surface area contributed by atoms with Gasteiger partial charge < -0.3 is 19.6 Å². The third-order valence-electron chi connectivity index (χ3n) is 3.42. The summed E-state index contributed by atoms with van der Waals surface area (Å²) in [6, 6.07) is -0.208. The van der Waals surface area contributed by atoms with Crippen LogP contribution in [0.15, 0.2) is 0 Å². The molecule has 1 aliphatic heterocycles. The summed E-state index contributed by atoms with van der Waals surface area (Å²) in [5.74, 6) is -1.32. The number of aliphatic carboxylic acids is 1. The van der Waals surface area contributed by atoms with Crippen LogP contribution in [0, 0.1) is 0 Å². The van der Waals surface area contributed by atoms with E-state index in [1.807, 2.05) is 4.90 Å². The van der Waals surface area contributed by atoms with E-state index in [1.165, 1.54) is 12.0 Å². The van der Waals surface area contributed by atoms with Crippen LogP contribution in [0.25, 0.3) is 0 Å². The molecule has 0 aromatic heterocycles. The van der Waals surface area contributed by atoms with Gasteiger partial charge >= 0.3 is 18.0 Å². The maximum absolute atomic E-state index is 12.4. The predicted molar refractivity (Wildman–Crippen MR) is 74.9 cm³/mol. The van der Waals surface area contributed by atoms with Crippen molar-refractivity contribution in [2.24, 2.45) is 0 Å². The van der Waals surface area contributed by atoms with E-state index in [0.717, 1.165) is 6.42 Å². The lowest BCUT2D eigenvalue weighted by Gasteiger charge is -2.28. The molecule has 1 N–H and O–H groups in total. The van der Waals surface area contributed by atoms with Gasteiger partial charge in [-0.25, -0.2) is 4.79 Å². The molecule has 120 valence electrons. The molecule has 0 radical (unpaired) electrons. The number of likely N-dealkylation sites (N-methyl/N-ethyl adjacent to an activating group) is 1. The lowest BCUT2D eigenvalue weighted by Crippen LogP contribution is -2.46. The van der Waals surface area contributed by atoms with E-state index in [-0.39, 0.29) is 19.1 Å². The van der Waals surface area contributed by atoms with Crippen molar-refractivity contribution in [1.82, 2.24) is 14.7 Å². The summed E-state index contributed by atoms with van der Waals surface area (Å²) in [6.07, 6.45) is 0.717. The molecule has 1 rings (SSSR count). The topological polar surface area (TPSA) is 90.4 Å². The second kappa shape index (κ2) is 8.46. The Morgan fingerprint density at radius 1 is 1.19 bits per heavy atom. The number of carbonyl (C=O) groups is 3. The van der Waals surface area contributed by atoms with Crippen molar-refractivity contribution in [2.45, 2.75) is 13.3 Å². The van der Waals surface area contributed by atoms with Crippen LogP contribution in [0.4, 0.5) is 4.79 Å².